The summed E-state index contributed by atoms with van der Waals surface area (Å²) in [6.07, 6.45) is 8.47. The fourth-order valence-corrected chi connectivity index (χ4v) is 2.78. The predicted octanol–water partition coefficient (Wildman–Crippen LogP) is 3.19. The van der Waals surface area contributed by atoms with E-state index in [0.29, 0.717) is 12.6 Å². The monoisotopic (exact) mass is 241 g/mol. The van der Waals surface area contributed by atoms with E-state index in [1.807, 2.05) is 0 Å². The topological polar surface area (TPSA) is 49.3 Å². The molecule has 1 saturated carbocycles. The van der Waals surface area contributed by atoms with E-state index in [2.05, 4.69) is 19.2 Å². The van der Waals surface area contributed by atoms with Crippen molar-refractivity contribution in [1.29, 1.82) is 0 Å². The average Bonchev–Trinajstić information content (AvgIpc) is 2.53. The number of aliphatic carboxylic acids is 1. The first-order chi connectivity index (χ1) is 8.10. The summed E-state index contributed by atoms with van der Waals surface area (Å²) >= 11 is 0. The van der Waals surface area contributed by atoms with Crippen LogP contribution in [0.3, 0.4) is 0 Å². The highest BCUT2D eigenvalue weighted by Gasteiger charge is 2.38. The zero-order chi connectivity index (χ0) is 12.7. The quantitative estimate of drug-likeness (QED) is 0.702. The van der Waals surface area contributed by atoms with Crippen LogP contribution in [0.2, 0.25) is 0 Å². The molecule has 0 aliphatic heterocycles. The normalized spacial score (nSPS) is 21.8. The van der Waals surface area contributed by atoms with Crippen LogP contribution in [-0.2, 0) is 4.79 Å². The van der Waals surface area contributed by atoms with E-state index < -0.39 is 11.4 Å². The third kappa shape index (κ3) is 4.30. The highest BCUT2D eigenvalue weighted by Crippen LogP contribution is 2.35. The maximum atomic E-state index is 11.6. The fourth-order valence-electron chi connectivity index (χ4n) is 2.78. The highest BCUT2D eigenvalue weighted by atomic mass is 16.4. The summed E-state index contributed by atoms with van der Waals surface area (Å²) in [6.45, 7) is 4.95. The van der Waals surface area contributed by atoms with E-state index in [1.54, 1.807) is 0 Å². The largest absolute Gasteiger partial charge is 0.481 e. The molecule has 0 bridgehead atoms. The van der Waals surface area contributed by atoms with Crippen LogP contribution >= 0.6 is 0 Å². The summed E-state index contributed by atoms with van der Waals surface area (Å²) in [7, 11) is 0. The van der Waals surface area contributed by atoms with Gasteiger partial charge in [0.25, 0.3) is 0 Å². The predicted molar refractivity (Wildman–Crippen MR) is 70.1 cm³/mol. The van der Waals surface area contributed by atoms with Crippen LogP contribution in [0.15, 0.2) is 0 Å². The minimum absolute atomic E-state index is 0.430. The molecular weight excluding hydrogens is 214 g/mol. The average molecular weight is 241 g/mol. The lowest BCUT2D eigenvalue weighted by molar-refractivity contribution is -0.149. The van der Waals surface area contributed by atoms with Crippen molar-refractivity contribution in [2.24, 2.45) is 5.41 Å². The Kier molecular flexibility index (Phi) is 5.96. The molecule has 0 aromatic carbocycles. The molecule has 0 aromatic rings. The van der Waals surface area contributed by atoms with Crippen molar-refractivity contribution >= 4 is 5.97 Å². The molecule has 0 heterocycles. The lowest BCUT2D eigenvalue weighted by Crippen LogP contribution is -2.43. The zero-order valence-electron chi connectivity index (χ0n) is 11.3. The Morgan fingerprint density at radius 1 is 1.29 bits per heavy atom. The van der Waals surface area contributed by atoms with Crippen LogP contribution in [0.5, 0.6) is 0 Å². The van der Waals surface area contributed by atoms with Gasteiger partial charge in [0.2, 0.25) is 0 Å². The van der Waals surface area contributed by atoms with Gasteiger partial charge < -0.3 is 10.4 Å². The molecule has 1 aliphatic rings. The lowest BCUT2D eigenvalue weighted by atomic mass is 9.80. The van der Waals surface area contributed by atoms with Crippen LogP contribution in [-0.4, -0.2) is 23.7 Å². The number of nitrogens with one attached hydrogen (secondary N) is 1. The van der Waals surface area contributed by atoms with Crippen molar-refractivity contribution in [2.75, 3.05) is 6.54 Å². The zero-order valence-corrected chi connectivity index (χ0v) is 11.3. The first-order valence-electron chi connectivity index (χ1n) is 7.07. The number of hydrogen-bond acceptors (Lipinski definition) is 2. The van der Waals surface area contributed by atoms with E-state index >= 15 is 0 Å². The smallest absolute Gasteiger partial charge is 0.310 e. The van der Waals surface area contributed by atoms with Gasteiger partial charge in [-0.2, -0.15) is 0 Å². The summed E-state index contributed by atoms with van der Waals surface area (Å²) in [5, 5.41) is 12.9. The molecule has 1 aliphatic carbocycles. The van der Waals surface area contributed by atoms with Gasteiger partial charge in [-0.3, -0.25) is 4.79 Å². The number of carboxylic acid groups (broad SMARTS) is 1. The van der Waals surface area contributed by atoms with Gasteiger partial charge in [-0.25, -0.2) is 0 Å². The molecule has 1 unspecified atom stereocenters. The van der Waals surface area contributed by atoms with Gasteiger partial charge in [0.15, 0.2) is 0 Å². The highest BCUT2D eigenvalue weighted by molar-refractivity contribution is 5.75. The summed E-state index contributed by atoms with van der Waals surface area (Å²) in [5.74, 6) is -0.601. The van der Waals surface area contributed by atoms with Crippen LogP contribution in [0, 0.1) is 5.41 Å². The number of carbonyl (C=O) groups is 1. The molecule has 100 valence electrons. The van der Waals surface area contributed by atoms with Gasteiger partial charge in [-0.1, -0.05) is 39.0 Å². The molecule has 3 heteroatoms. The minimum Gasteiger partial charge on any atom is -0.481 e. The molecule has 0 saturated heterocycles. The summed E-state index contributed by atoms with van der Waals surface area (Å²) in [6, 6.07) is 0.430. The molecule has 1 atom stereocenters. The van der Waals surface area contributed by atoms with Crippen molar-refractivity contribution in [1.82, 2.24) is 5.32 Å². The standard InChI is InChI=1S/C14H27NO2/c1-3-8-12(2)15-11-14(13(16)17)9-6-4-5-7-10-14/h12,15H,3-11H2,1-2H3,(H,16,17). The summed E-state index contributed by atoms with van der Waals surface area (Å²) in [5.41, 5.74) is -0.501. The second-order valence-corrected chi connectivity index (χ2v) is 5.57. The van der Waals surface area contributed by atoms with Crippen molar-refractivity contribution in [3.05, 3.63) is 0 Å². The number of rotatable bonds is 6. The molecule has 17 heavy (non-hydrogen) atoms. The van der Waals surface area contributed by atoms with Gasteiger partial charge >= 0.3 is 5.97 Å². The molecule has 3 nitrogen and oxygen atoms in total. The van der Waals surface area contributed by atoms with E-state index in [4.69, 9.17) is 0 Å². The third-order valence-corrected chi connectivity index (χ3v) is 4.02. The third-order valence-electron chi connectivity index (χ3n) is 4.02. The van der Waals surface area contributed by atoms with Crippen LogP contribution in [0.4, 0.5) is 0 Å². The number of carboxylic acids is 1. The Morgan fingerprint density at radius 2 is 1.88 bits per heavy atom. The first-order valence-corrected chi connectivity index (χ1v) is 7.07. The van der Waals surface area contributed by atoms with Gasteiger partial charge in [-0.15, -0.1) is 0 Å². The van der Waals surface area contributed by atoms with Crippen molar-refractivity contribution in [3.63, 3.8) is 0 Å². The SMILES string of the molecule is CCCC(C)NCC1(C(=O)O)CCCCCC1. The maximum Gasteiger partial charge on any atom is 0.310 e. The molecule has 2 N–H and O–H groups in total. The van der Waals surface area contributed by atoms with Crippen molar-refractivity contribution in [2.45, 2.75) is 71.3 Å². The van der Waals surface area contributed by atoms with Crippen LogP contribution in [0.25, 0.3) is 0 Å². The van der Waals surface area contributed by atoms with Crippen molar-refractivity contribution in [3.8, 4) is 0 Å². The molecular formula is C14H27NO2. The molecule has 0 spiro atoms. The van der Waals surface area contributed by atoms with Gasteiger partial charge in [0, 0.05) is 12.6 Å². The molecule has 0 radical (unpaired) electrons. The van der Waals surface area contributed by atoms with Crippen LogP contribution < -0.4 is 5.32 Å². The second kappa shape index (κ2) is 7.00. The molecule has 0 amide bonds. The minimum atomic E-state index is -0.601. The van der Waals surface area contributed by atoms with E-state index in [-0.39, 0.29) is 0 Å². The Morgan fingerprint density at radius 3 is 2.35 bits per heavy atom. The molecule has 1 rings (SSSR count). The van der Waals surface area contributed by atoms with Gasteiger partial charge in [0.1, 0.15) is 0 Å². The van der Waals surface area contributed by atoms with Gasteiger partial charge in [-0.05, 0) is 26.2 Å². The van der Waals surface area contributed by atoms with Crippen molar-refractivity contribution < 1.29 is 9.90 Å². The first kappa shape index (κ1) is 14.5. The Hall–Kier alpha value is -0.570. The Labute approximate surface area is 105 Å². The van der Waals surface area contributed by atoms with Gasteiger partial charge in [0.05, 0.1) is 5.41 Å². The molecule has 1 fully saturated rings. The fraction of sp³-hybridized carbons (Fsp3) is 0.929. The van der Waals surface area contributed by atoms with Crippen LogP contribution in [0.1, 0.15) is 65.2 Å². The Bertz CT molecular complexity index is 232. The summed E-state index contributed by atoms with van der Waals surface area (Å²) < 4.78 is 0. The van der Waals surface area contributed by atoms with E-state index in [0.717, 1.165) is 38.5 Å². The number of hydrogen-bond donors (Lipinski definition) is 2. The second-order valence-electron chi connectivity index (χ2n) is 5.57. The maximum absolute atomic E-state index is 11.6. The van der Waals surface area contributed by atoms with E-state index in [9.17, 15) is 9.90 Å². The Balaban J connectivity index is 2.54. The summed E-state index contributed by atoms with van der Waals surface area (Å²) in [4.78, 5) is 11.6. The lowest BCUT2D eigenvalue weighted by Gasteiger charge is -2.30. The molecule has 0 aromatic heterocycles. The van der Waals surface area contributed by atoms with E-state index in [1.165, 1.54) is 12.8 Å².